The van der Waals surface area contributed by atoms with Crippen molar-refractivity contribution in [3.8, 4) is 0 Å². The van der Waals surface area contributed by atoms with Gasteiger partial charge in [0.05, 0.1) is 23.3 Å². The van der Waals surface area contributed by atoms with Gasteiger partial charge in [0, 0.05) is 0 Å². The third kappa shape index (κ3) is 16.2. The molecule has 0 amide bonds. The molecule has 0 saturated heterocycles. The minimum atomic E-state index is -1.39. The van der Waals surface area contributed by atoms with Gasteiger partial charge in [-0.15, -0.1) is 0 Å². The second-order valence-electron chi connectivity index (χ2n) is 10.2. The van der Waals surface area contributed by atoms with E-state index in [1.807, 2.05) is 0 Å². The molecule has 6 heteroatoms. The number of carbonyl (C=O) groups is 3. The van der Waals surface area contributed by atoms with E-state index in [1.54, 1.807) is 0 Å². The zero-order valence-corrected chi connectivity index (χ0v) is 23.1. The number of hydrogen-bond donors (Lipinski definition) is 2. The summed E-state index contributed by atoms with van der Waals surface area (Å²) in [7, 11) is 0. The standard InChI is InChI=1S/C31H50O6/c1-2-3-4-5-6-7-8-9-10-11-12-13-14-15-16-17-18-19-20-21-24-37-31(36)26-22-23-27(29(32)33)28(25-26)30(34)35/h22-23,25H,2-21,24H2,1H3,(H,32,33)(H,34,35). The molecule has 0 radical (unpaired) electrons. The molecule has 1 rings (SSSR count). The zero-order valence-electron chi connectivity index (χ0n) is 23.1. The van der Waals surface area contributed by atoms with E-state index in [0.717, 1.165) is 31.4 Å². The number of benzene rings is 1. The zero-order chi connectivity index (χ0) is 27.1. The number of rotatable bonds is 24. The maximum absolute atomic E-state index is 12.1. The summed E-state index contributed by atoms with van der Waals surface area (Å²) in [5.41, 5.74) is -0.713. The van der Waals surface area contributed by atoms with Crippen molar-refractivity contribution in [3.05, 3.63) is 34.9 Å². The van der Waals surface area contributed by atoms with Crippen molar-refractivity contribution in [1.29, 1.82) is 0 Å². The summed E-state index contributed by atoms with van der Waals surface area (Å²) in [5, 5.41) is 18.2. The summed E-state index contributed by atoms with van der Waals surface area (Å²) in [6, 6.07) is 3.47. The number of unbranched alkanes of at least 4 members (excludes halogenated alkanes) is 19. The molecular formula is C31H50O6. The maximum atomic E-state index is 12.1. The first-order valence-corrected chi connectivity index (χ1v) is 14.7. The average Bonchev–Trinajstić information content (AvgIpc) is 2.88. The molecule has 0 spiro atoms. The van der Waals surface area contributed by atoms with E-state index < -0.39 is 23.5 Å². The van der Waals surface area contributed by atoms with Gasteiger partial charge in [-0.3, -0.25) is 0 Å². The highest BCUT2D eigenvalue weighted by Crippen LogP contribution is 2.16. The number of carboxylic acid groups (broad SMARTS) is 2. The fraction of sp³-hybridized carbons (Fsp3) is 0.710. The topological polar surface area (TPSA) is 101 Å². The van der Waals surface area contributed by atoms with Gasteiger partial charge in [-0.05, 0) is 24.6 Å². The van der Waals surface area contributed by atoms with Crippen LogP contribution in [-0.2, 0) is 4.74 Å². The lowest BCUT2D eigenvalue weighted by Gasteiger charge is -2.07. The number of carboxylic acids is 2. The first-order chi connectivity index (χ1) is 18.0. The van der Waals surface area contributed by atoms with Crippen LogP contribution in [0.15, 0.2) is 18.2 Å². The fourth-order valence-electron chi connectivity index (χ4n) is 4.64. The summed E-state index contributed by atoms with van der Waals surface area (Å²) < 4.78 is 5.22. The molecule has 1 aromatic rings. The summed E-state index contributed by atoms with van der Waals surface area (Å²) in [6.07, 6.45) is 26.1. The van der Waals surface area contributed by atoms with Crippen LogP contribution in [0.2, 0.25) is 0 Å². The fourth-order valence-corrected chi connectivity index (χ4v) is 4.64. The summed E-state index contributed by atoms with van der Waals surface area (Å²) in [4.78, 5) is 34.5. The smallest absolute Gasteiger partial charge is 0.338 e. The van der Waals surface area contributed by atoms with Crippen molar-refractivity contribution in [3.63, 3.8) is 0 Å². The summed E-state index contributed by atoms with van der Waals surface area (Å²) >= 11 is 0. The van der Waals surface area contributed by atoms with Crippen molar-refractivity contribution in [1.82, 2.24) is 0 Å². The van der Waals surface area contributed by atoms with Crippen molar-refractivity contribution >= 4 is 17.9 Å². The van der Waals surface area contributed by atoms with E-state index in [9.17, 15) is 14.4 Å². The highest BCUT2D eigenvalue weighted by atomic mass is 16.5. The van der Waals surface area contributed by atoms with Gasteiger partial charge >= 0.3 is 17.9 Å². The van der Waals surface area contributed by atoms with Crippen LogP contribution >= 0.6 is 0 Å². The van der Waals surface area contributed by atoms with Gasteiger partial charge in [0.25, 0.3) is 0 Å². The predicted molar refractivity (Wildman–Crippen MR) is 149 cm³/mol. The molecule has 6 nitrogen and oxygen atoms in total. The van der Waals surface area contributed by atoms with E-state index in [4.69, 9.17) is 14.9 Å². The molecule has 0 bridgehead atoms. The second-order valence-corrected chi connectivity index (χ2v) is 10.2. The summed E-state index contributed by atoms with van der Waals surface area (Å²) in [6.45, 7) is 2.55. The van der Waals surface area contributed by atoms with Crippen LogP contribution in [-0.4, -0.2) is 34.7 Å². The Bertz CT molecular complexity index is 773. The third-order valence-corrected chi connectivity index (χ3v) is 6.95. The lowest BCUT2D eigenvalue weighted by molar-refractivity contribution is 0.0496. The van der Waals surface area contributed by atoms with Gasteiger partial charge in [-0.25, -0.2) is 14.4 Å². The Kier molecular flexibility index (Phi) is 19.1. The van der Waals surface area contributed by atoms with Crippen LogP contribution in [0.4, 0.5) is 0 Å². The molecule has 210 valence electrons. The molecule has 0 atom stereocenters. The Labute approximate surface area is 224 Å². The van der Waals surface area contributed by atoms with Gasteiger partial charge in [-0.2, -0.15) is 0 Å². The van der Waals surface area contributed by atoms with Crippen molar-refractivity contribution in [2.24, 2.45) is 0 Å². The van der Waals surface area contributed by atoms with Gasteiger partial charge < -0.3 is 14.9 Å². The lowest BCUT2D eigenvalue weighted by Crippen LogP contribution is -2.12. The van der Waals surface area contributed by atoms with Crippen LogP contribution in [0.25, 0.3) is 0 Å². The molecule has 0 aliphatic rings. The van der Waals surface area contributed by atoms with Crippen LogP contribution in [0.1, 0.15) is 166 Å². The van der Waals surface area contributed by atoms with E-state index in [2.05, 4.69) is 6.92 Å². The predicted octanol–water partition coefficient (Wildman–Crippen LogP) is 9.06. The number of hydrogen-bond acceptors (Lipinski definition) is 4. The van der Waals surface area contributed by atoms with Crippen molar-refractivity contribution < 1.29 is 29.3 Å². The molecule has 1 aromatic carbocycles. The quantitative estimate of drug-likeness (QED) is 0.105. The Hall–Kier alpha value is -2.37. The molecular weight excluding hydrogens is 468 g/mol. The van der Waals surface area contributed by atoms with Crippen molar-refractivity contribution in [2.45, 2.75) is 135 Å². The largest absolute Gasteiger partial charge is 0.478 e. The first kappa shape index (κ1) is 32.7. The number of ether oxygens (including phenoxy) is 1. The minimum Gasteiger partial charge on any atom is -0.478 e. The van der Waals surface area contributed by atoms with Gasteiger partial charge in [0.1, 0.15) is 0 Å². The highest BCUT2D eigenvalue weighted by molar-refractivity contribution is 6.03. The lowest BCUT2D eigenvalue weighted by atomic mass is 10.0. The van der Waals surface area contributed by atoms with E-state index in [0.29, 0.717) is 0 Å². The Morgan fingerprint density at radius 2 is 0.946 bits per heavy atom. The number of aromatic carboxylic acids is 2. The van der Waals surface area contributed by atoms with Crippen LogP contribution in [0.3, 0.4) is 0 Å². The second kappa shape index (κ2) is 21.7. The molecule has 2 N–H and O–H groups in total. The van der Waals surface area contributed by atoms with E-state index >= 15 is 0 Å². The van der Waals surface area contributed by atoms with Gasteiger partial charge in [-0.1, -0.05) is 129 Å². The van der Waals surface area contributed by atoms with E-state index in [-0.39, 0.29) is 17.7 Å². The Morgan fingerprint density at radius 1 is 0.568 bits per heavy atom. The van der Waals surface area contributed by atoms with Crippen LogP contribution in [0.5, 0.6) is 0 Å². The molecule has 37 heavy (non-hydrogen) atoms. The Morgan fingerprint density at radius 3 is 1.32 bits per heavy atom. The Balaban J connectivity index is 1.92. The first-order valence-electron chi connectivity index (χ1n) is 14.7. The number of esters is 1. The van der Waals surface area contributed by atoms with Crippen LogP contribution < -0.4 is 0 Å². The summed E-state index contributed by atoms with van der Waals surface area (Å²) in [5.74, 6) is -3.36. The van der Waals surface area contributed by atoms with Crippen LogP contribution in [0, 0.1) is 0 Å². The van der Waals surface area contributed by atoms with Gasteiger partial charge in [0.15, 0.2) is 0 Å². The molecule has 0 heterocycles. The SMILES string of the molecule is CCCCCCCCCCCCCCCCCCCCCCOC(=O)c1ccc(C(=O)O)c(C(=O)O)c1. The number of carbonyl (C=O) groups excluding carboxylic acids is 1. The molecule has 0 fully saturated rings. The molecule has 0 saturated carbocycles. The third-order valence-electron chi connectivity index (χ3n) is 6.95. The molecule has 0 aliphatic carbocycles. The average molecular weight is 519 g/mol. The van der Waals surface area contributed by atoms with Gasteiger partial charge in [0.2, 0.25) is 0 Å². The van der Waals surface area contributed by atoms with Crippen molar-refractivity contribution in [2.75, 3.05) is 6.61 Å². The molecule has 0 aromatic heterocycles. The highest BCUT2D eigenvalue weighted by Gasteiger charge is 2.19. The molecule has 0 unspecified atom stereocenters. The molecule has 0 aliphatic heterocycles. The van der Waals surface area contributed by atoms with E-state index in [1.165, 1.54) is 115 Å². The minimum absolute atomic E-state index is 0.0515. The normalized spacial score (nSPS) is 10.9. The maximum Gasteiger partial charge on any atom is 0.338 e. The monoisotopic (exact) mass is 518 g/mol.